The van der Waals surface area contributed by atoms with Crippen molar-refractivity contribution in [1.29, 1.82) is 0 Å². The van der Waals surface area contributed by atoms with Crippen LogP contribution in [0.5, 0.6) is 0 Å². The molecule has 0 aromatic heterocycles. The van der Waals surface area contributed by atoms with Crippen LogP contribution < -0.4 is 10.6 Å². The number of carbonyl (C=O) groups is 1. The van der Waals surface area contributed by atoms with E-state index in [1.807, 2.05) is 17.8 Å². The van der Waals surface area contributed by atoms with Gasteiger partial charge in [0, 0.05) is 35.2 Å². The summed E-state index contributed by atoms with van der Waals surface area (Å²) in [5.41, 5.74) is 0. The maximum Gasteiger partial charge on any atom is 0.221 e. The summed E-state index contributed by atoms with van der Waals surface area (Å²) in [5.74, 6) is 0.123. The molecule has 1 aliphatic carbocycles. The van der Waals surface area contributed by atoms with Gasteiger partial charge in [0.1, 0.15) is 0 Å². The van der Waals surface area contributed by atoms with Gasteiger partial charge in [-0.3, -0.25) is 4.79 Å². The average Bonchev–Trinajstić information content (AvgIpc) is 3.27. The predicted molar refractivity (Wildman–Crippen MR) is 84.5 cm³/mol. The molecule has 1 unspecified atom stereocenters. The summed E-state index contributed by atoms with van der Waals surface area (Å²) in [6.45, 7) is 2.98. The van der Waals surface area contributed by atoms with Crippen molar-refractivity contribution < 1.29 is 9.53 Å². The second-order valence-corrected chi connectivity index (χ2v) is 7.35. The molecule has 5 heteroatoms. The molecule has 4 nitrogen and oxygen atoms in total. The number of hydrogen-bond donors (Lipinski definition) is 2. The lowest BCUT2D eigenvalue weighted by Gasteiger charge is -2.23. The van der Waals surface area contributed by atoms with Gasteiger partial charge in [0.05, 0.1) is 13.2 Å². The molecule has 0 spiro atoms. The van der Waals surface area contributed by atoms with E-state index in [1.165, 1.54) is 17.7 Å². The Morgan fingerprint density at radius 2 is 2.19 bits per heavy atom. The summed E-state index contributed by atoms with van der Waals surface area (Å²) in [5, 5.41) is 6.41. The first-order valence-corrected chi connectivity index (χ1v) is 8.39. The molecule has 1 aromatic carbocycles. The van der Waals surface area contributed by atoms with Crippen molar-refractivity contribution in [2.75, 3.05) is 26.3 Å². The zero-order chi connectivity index (χ0) is 14.5. The average molecular weight is 306 g/mol. The topological polar surface area (TPSA) is 50.4 Å². The Morgan fingerprint density at radius 1 is 1.38 bits per heavy atom. The Balaban J connectivity index is 1.42. The summed E-state index contributed by atoms with van der Waals surface area (Å²) >= 11 is 1.89. The van der Waals surface area contributed by atoms with E-state index in [1.54, 1.807) is 0 Å². The van der Waals surface area contributed by atoms with E-state index >= 15 is 0 Å². The number of carbonyl (C=O) groups excluding carboxylic acids is 1. The zero-order valence-electron chi connectivity index (χ0n) is 12.1. The first kappa shape index (κ1) is 14.9. The van der Waals surface area contributed by atoms with Crippen molar-refractivity contribution >= 4 is 17.7 Å². The van der Waals surface area contributed by atoms with Gasteiger partial charge in [-0.1, -0.05) is 18.2 Å². The van der Waals surface area contributed by atoms with Crippen LogP contribution in [-0.2, 0) is 9.53 Å². The minimum atomic E-state index is 0.123. The first-order valence-electron chi connectivity index (χ1n) is 7.58. The largest absolute Gasteiger partial charge is 0.378 e. The Bertz CT molecular complexity index is 470. The number of hydrogen-bond acceptors (Lipinski definition) is 4. The summed E-state index contributed by atoms with van der Waals surface area (Å²) in [4.78, 5) is 13.3. The van der Waals surface area contributed by atoms with E-state index in [0.29, 0.717) is 13.0 Å². The third-order valence-electron chi connectivity index (χ3n) is 3.92. The van der Waals surface area contributed by atoms with Crippen molar-refractivity contribution in [3.8, 4) is 0 Å². The van der Waals surface area contributed by atoms with Gasteiger partial charge < -0.3 is 15.4 Å². The molecule has 2 N–H and O–H groups in total. The van der Waals surface area contributed by atoms with Gasteiger partial charge >= 0.3 is 0 Å². The van der Waals surface area contributed by atoms with Crippen LogP contribution in [0, 0.1) is 0 Å². The zero-order valence-corrected chi connectivity index (χ0v) is 13.0. The summed E-state index contributed by atoms with van der Waals surface area (Å²) < 4.78 is 5.59. The molecule has 21 heavy (non-hydrogen) atoms. The van der Waals surface area contributed by atoms with E-state index in [-0.39, 0.29) is 16.7 Å². The molecule has 1 atom stereocenters. The van der Waals surface area contributed by atoms with E-state index in [9.17, 15) is 4.79 Å². The van der Waals surface area contributed by atoms with E-state index in [2.05, 4.69) is 34.9 Å². The Hall–Kier alpha value is -1.04. The van der Waals surface area contributed by atoms with Crippen LogP contribution in [-0.4, -0.2) is 43.0 Å². The standard InChI is InChI=1S/C16H22N2O2S/c19-15(10-13-11-20-9-8-17-13)18-12-16(6-7-16)21-14-4-2-1-3-5-14/h1-5,13,17H,6-12H2,(H,18,19). The molecule has 2 fully saturated rings. The van der Waals surface area contributed by atoms with Crippen LogP contribution in [0.25, 0.3) is 0 Å². The van der Waals surface area contributed by atoms with E-state index in [0.717, 1.165) is 19.7 Å². The highest BCUT2D eigenvalue weighted by molar-refractivity contribution is 8.01. The lowest BCUT2D eigenvalue weighted by Crippen LogP contribution is -2.45. The van der Waals surface area contributed by atoms with Crippen LogP contribution in [0.1, 0.15) is 19.3 Å². The van der Waals surface area contributed by atoms with Crippen molar-refractivity contribution in [3.63, 3.8) is 0 Å². The molecule has 1 heterocycles. The second-order valence-electron chi connectivity index (χ2n) is 5.80. The molecule has 1 aliphatic heterocycles. The summed E-state index contributed by atoms with van der Waals surface area (Å²) in [6.07, 6.45) is 2.86. The number of morpholine rings is 1. The fourth-order valence-corrected chi connectivity index (χ4v) is 3.74. The smallest absolute Gasteiger partial charge is 0.221 e. The lowest BCUT2D eigenvalue weighted by molar-refractivity contribution is -0.122. The summed E-state index contributed by atoms with van der Waals surface area (Å²) in [7, 11) is 0. The molecule has 1 amide bonds. The minimum Gasteiger partial charge on any atom is -0.378 e. The number of rotatable bonds is 6. The fourth-order valence-electron chi connectivity index (χ4n) is 2.50. The third-order valence-corrected chi connectivity index (χ3v) is 5.42. The first-order chi connectivity index (χ1) is 10.3. The molecule has 3 rings (SSSR count). The van der Waals surface area contributed by atoms with Crippen LogP contribution in [0.2, 0.25) is 0 Å². The molecular weight excluding hydrogens is 284 g/mol. The molecule has 1 saturated carbocycles. The highest BCUT2D eigenvalue weighted by Gasteiger charge is 2.43. The maximum absolute atomic E-state index is 12.0. The highest BCUT2D eigenvalue weighted by Crippen LogP contribution is 2.51. The maximum atomic E-state index is 12.0. The van der Waals surface area contributed by atoms with Crippen LogP contribution in [0.3, 0.4) is 0 Å². The molecule has 0 radical (unpaired) electrons. The van der Waals surface area contributed by atoms with Crippen LogP contribution >= 0.6 is 11.8 Å². The van der Waals surface area contributed by atoms with Crippen molar-refractivity contribution in [2.45, 2.75) is 34.9 Å². The molecule has 1 saturated heterocycles. The molecular formula is C16H22N2O2S. The van der Waals surface area contributed by atoms with Gasteiger partial charge in [-0.05, 0) is 25.0 Å². The number of thioether (sulfide) groups is 1. The number of nitrogens with one attached hydrogen (secondary N) is 2. The monoisotopic (exact) mass is 306 g/mol. The van der Waals surface area contributed by atoms with Crippen molar-refractivity contribution in [2.24, 2.45) is 0 Å². The molecule has 0 bridgehead atoms. The Kier molecular flexibility index (Phi) is 4.83. The van der Waals surface area contributed by atoms with Crippen LogP contribution in [0.4, 0.5) is 0 Å². The lowest BCUT2D eigenvalue weighted by atomic mass is 10.2. The quantitative estimate of drug-likeness (QED) is 0.841. The minimum absolute atomic E-state index is 0.123. The van der Waals surface area contributed by atoms with Gasteiger partial charge in [0.15, 0.2) is 0 Å². The van der Waals surface area contributed by atoms with Gasteiger partial charge in [-0.25, -0.2) is 0 Å². The van der Waals surface area contributed by atoms with Gasteiger partial charge in [-0.2, -0.15) is 0 Å². The SMILES string of the molecule is O=C(CC1COCCN1)NCC1(Sc2ccccc2)CC1. The normalized spacial score (nSPS) is 23.5. The Morgan fingerprint density at radius 3 is 2.86 bits per heavy atom. The highest BCUT2D eigenvalue weighted by atomic mass is 32.2. The fraction of sp³-hybridized carbons (Fsp3) is 0.562. The van der Waals surface area contributed by atoms with Crippen LogP contribution in [0.15, 0.2) is 35.2 Å². The second kappa shape index (κ2) is 6.81. The molecule has 114 valence electrons. The third kappa shape index (κ3) is 4.46. The molecule has 1 aromatic rings. The van der Waals surface area contributed by atoms with Crippen molar-refractivity contribution in [3.05, 3.63) is 30.3 Å². The van der Waals surface area contributed by atoms with Gasteiger partial charge in [0.25, 0.3) is 0 Å². The van der Waals surface area contributed by atoms with E-state index < -0.39 is 0 Å². The van der Waals surface area contributed by atoms with Crippen molar-refractivity contribution in [1.82, 2.24) is 10.6 Å². The summed E-state index contributed by atoms with van der Waals surface area (Å²) in [6, 6.07) is 10.6. The van der Waals surface area contributed by atoms with Gasteiger partial charge in [0.2, 0.25) is 5.91 Å². The number of amides is 1. The Labute approximate surface area is 130 Å². The van der Waals surface area contributed by atoms with E-state index in [4.69, 9.17) is 4.74 Å². The number of benzene rings is 1. The van der Waals surface area contributed by atoms with Gasteiger partial charge in [-0.15, -0.1) is 11.8 Å². The predicted octanol–water partition coefficient (Wildman–Crippen LogP) is 1.81. The molecule has 2 aliphatic rings. The number of ether oxygens (including phenoxy) is 1.